The maximum atomic E-state index is 13.1. The van der Waals surface area contributed by atoms with Crippen LogP contribution in [0.4, 0.5) is 0 Å². The highest BCUT2D eigenvalue weighted by Gasteiger charge is 2.30. The number of carbonyl (C=O) groups excluding carboxylic acids is 4. The molecular formula is C76H144O17P2. The Bertz CT molecular complexity index is 1950. The Morgan fingerprint density at radius 3 is 0.937 bits per heavy atom. The van der Waals surface area contributed by atoms with Crippen molar-refractivity contribution in [3.63, 3.8) is 0 Å². The van der Waals surface area contributed by atoms with E-state index in [1.165, 1.54) is 148 Å². The molecule has 0 rings (SSSR count). The SMILES string of the molecule is CCCCCC/C=C\C=C/CCCCCCCC(=O)OC[C@H](COP(=O)(O)OC[C@@H](O)COP(=O)(O)OC[C@@H](COC(=O)CCCCCCCCC(C)C)OC(=O)CCCCCCCCC(C)CC)OC(=O)CCCCCCCCCCCCCCCCCCCCC(C)C. The highest BCUT2D eigenvalue weighted by atomic mass is 31.2. The van der Waals surface area contributed by atoms with Crippen LogP contribution in [0.1, 0.15) is 363 Å². The topological polar surface area (TPSA) is 237 Å². The minimum atomic E-state index is -4.97. The molecule has 0 fully saturated rings. The predicted octanol–water partition coefficient (Wildman–Crippen LogP) is 21.7. The van der Waals surface area contributed by atoms with Gasteiger partial charge in [0.1, 0.15) is 19.3 Å². The molecule has 0 heterocycles. The van der Waals surface area contributed by atoms with Crippen LogP contribution in [0.15, 0.2) is 24.3 Å². The van der Waals surface area contributed by atoms with Gasteiger partial charge in [-0.25, -0.2) is 9.13 Å². The van der Waals surface area contributed by atoms with Gasteiger partial charge in [0.15, 0.2) is 12.2 Å². The molecule has 0 aromatic heterocycles. The number of aliphatic hydroxyl groups is 1. The minimum absolute atomic E-state index is 0.0994. The Kier molecular flexibility index (Phi) is 64.4. The first-order valence-corrected chi connectivity index (χ1v) is 41.7. The number of unbranched alkanes of at least 4 members (excludes halogenated alkanes) is 36. The van der Waals surface area contributed by atoms with Gasteiger partial charge in [-0.3, -0.25) is 37.3 Å². The Morgan fingerprint density at radius 1 is 0.347 bits per heavy atom. The fourth-order valence-electron chi connectivity index (χ4n) is 11.0. The summed E-state index contributed by atoms with van der Waals surface area (Å²) in [5.41, 5.74) is 0. The van der Waals surface area contributed by atoms with E-state index >= 15 is 0 Å². The lowest BCUT2D eigenvalue weighted by Gasteiger charge is -2.21. The average Bonchev–Trinajstić information content (AvgIpc) is 2.60. The molecule has 0 saturated carbocycles. The van der Waals surface area contributed by atoms with Gasteiger partial charge in [0, 0.05) is 25.7 Å². The van der Waals surface area contributed by atoms with Crippen LogP contribution in [-0.4, -0.2) is 96.7 Å². The van der Waals surface area contributed by atoms with Crippen LogP contribution in [0.3, 0.4) is 0 Å². The Morgan fingerprint density at radius 2 is 0.621 bits per heavy atom. The van der Waals surface area contributed by atoms with Gasteiger partial charge < -0.3 is 33.8 Å². The van der Waals surface area contributed by atoms with Crippen LogP contribution in [-0.2, 0) is 65.4 Å². The molecule has 560 valence electrons. The second-order valence-corrected chi connectivity index (χ2v) is 30.8. The van der Waals surface area contributed by atoms with Gasteiger partial charge in [0.05, 0.1) is 26.4 Å². The predicted molar refractivity (Wildman–Crippen MR) is 386 cm³/mol. The van der Waals surface area contributed by atoms with Gasteiger partial charge in [0.25, 0.3) is 0 Å². The van der Waals surface area contributed by atoms with Crippen molar-refractivity contribution in [2.24, 2.45) is 17.8 Å². The number of carbonyl (C=O) groups is 4. The van der Waals surface area contributed by atoms with E-state index in [0.717, 1.165) is 127 Å². The largest absolute Gasteiger partial charge is 0.472 e. The van der Waals surface area contributed by atoms with Crippen LogP contribution < -0.4 is 0 Å². The first-order chi connectivity index (χ1) is 45.8. The molecule has 0 aliphatic heterocycles. The van der Waals surface area contributed by atoms with E-state index in [-0.39, 0.29) is 25.7 Å². The lowest BCUT2D eigenvalue weighted by molar-refractivity contribution is -0.161. The van der Waals surface area contributed by atoms with E-state index in [9.17, 15) is 43.2 Å². The standard InChI is InChI=1S/C76H144O17P2/c1-8-10-11-12-13-14-15-16-21-25-28-31-34-43-50-57-73(78)86-63-71(92-75(80)59-52-45-35-32-29-26-23-20-18-17-19-22-24-27-30-33-40-47-54-67(3)4)65-90-94(82,83)88-61-70(77)62-89-95(84,85)91-66-72(64-87-74(79)58-51-44-38-36-41-48-55-68(5)6)93-76(81)60-53-46-39-37-42-49-56-69(7)9-2/h14-16,21,67-72,77H,8-13,17-20,22-66H2,1-7H3,(H,82,83)(H,84,85)/b15-14-,21-16-/t69?,70-,71-,72-/m1/s1. The summed E-state index contributed by atoms with van der Waals surface area (Å²) in [4.78, 5) is 72.7. The second-order valence-electron chi connectivity index (χ2n) is 27.9. The molecular weight excluding hydrogens is 1250 g/mol. The normalized spacial score (nSPS) is 14.5. The Hall–Kier alpha value is -2.46. The number of aliphatic hydroxyl groups excluding tert-OH is 1. The van der Waals surface area contributed by atoms with Crippen molar-refractivity contribution in [3.05, 3.63) is 24.3 Å². The van der Waals surface area contributed by atoms with Crippen LogP contribution in [0.2, 0.25) is 0 Å². The maximum absolute atomic E-state index is 13.1. The van der Waals surface area contributed by atoms with E-state index < -0.39 is 97.5 Å². The van der Waals surface area contributed by atoms with Gasteiger partial charge in [-0.05, 0) is 69.1 Å². The van der Waals surface area contributed by atoms with Crippen LogP contribution in [0.5, 0.6) is 0 Å². The molecule has 0 amide bonds. The van der Waals surface area contributed by atoms with Crippen molar-refractivity contribution >= 4 is 39.5 Å². The fraction of sp³-hybridized carbons (Fsp3) is 0.895. The summed E-state index contributed by atoms with van der Waals surface area (Å²) >= 11 is 0. The van der Waals surface area contributed by atoms with Gasteiger partial charge in [-0.2, -0.15) is 0 Å². The smallest absolute Gasteiger partial charge is 0.462 e. The lowest BCUT2D eigenvalue weighted by Crippen LogP contribution is -2.30. The van der Waals surface area contributed by atoms with Gasteiger partial charge in [-0.1, -0.05) is 310 Å². The zero-order chi connectivity index (χ0) is 70.1. The number of rotatable bonds is 72. The zero-order valence-corrected chi connectivity index (χ0v) is 63.4. The van der Waals surface area contributed by atoms with Gasteiger partial charge in [0.2, 0.25) is 0 Å². The molecule has 17 nitrogen and oxygen atoms in total. The minimum Gasteiger partial charge on any atom is -0.462 e. The summed E-state index contributed by atoms with van der Waals surface area (Å²) in [7, 11) is -9.92. The third-order valence-electron chi connectivity index (χ3n) is 17.4. The number of phosphoric ester groups is 2. The summed E-state index contributed by atoms with van der Waals surface area (Å²) in [6, 6.07) is 0. The third kappa shape index (κ3) is 68.5. The number of allylic oxidation sites excluding steroid dienone is 4. The van der Waals surface area contributed by atoms with Crippen molar-refractivity contribution in [2.45, 2.75) is 381 Å². The molecule has 0 aliphatic carbocycles. The molecule has 0 radical (unpaired) electrons. The molecule has 19 heteroatoms. The highest BCUT2D eigenvalue weighted by Crippen LogP contribution is 2.45. The molecule has 0 spiro atoms. The summed E-state index contributed by atoms with van der Waals surface area (Å²) in [5.74, 6) is 0.0600. The molecule has 6 atom stereocenters. The summed E-state index contributed by atoms with van der Waals surface area (Å²) < 4.78 is 68.4. The van der Waals surface area contributed by atoms with Crippen LogP contribution in [0.25, 0.3) is 0 Å². The molecule has 0 aliphatic rings. The molecule has 0 aromatic rings. The number of esters is 4. The maximum Gasteiger partial charge on any atom is 0.472 e. The molecule has 3 N–H and O–H groups in total. The molecule has 0 saturated heterocycles. The zero-order valence-electron chi connectivity index (χ0n) is 61.6. The van der Waals surface area contributed by atoms with Gasteiger partial charge in [-0.15, -0.1) is 0 Å². The van der Waals surface area contributed by atoms with Crippen LogP contribution in [0, 0.1) is 17.8 Å². The number of hydrogen-bond donors (Lipinski definition) is 3. The molecule has 0 aromatic carbocycles. The third-order valence-corrected chi connectivity index (χ3v) is 19.3. The van der Waals surface area contributed by atoms with Crippen molar-refractivity contribution in [3.8, 4) is 0 Å². The second kappa shape index (κ2) is 66.1. The Balaban J connectivity index is 5.23. The van der Waals surface area contributed by atoms with Crippen molar-refractivity contribution < 1.29 is 80.2 Å². The van der Waals surface area contributed by atoms with E-state index in [0.29, 0.717) is 31.6 Å². The van der Waals surface area contributed by atoms with Gasteiger partial charge >= 0.3 is 39.5 Å². The summed E-state index contributed by atoms with van der Waals surface area (Å²) in [6.45, 7) is 11.7. The summed E-state index contributed by atoms with van der Waals surface area (Å²) in [6.07, 6.45) is 55.3. The van der Waals surface area contributed by atoms with E-state index in [4.69, 9.17) is 37.0 Å². The number of phosphoric acid groups is 2. The van der Waals surface area contributed by atoms with Crippen molar-refractivity contribution in [1.82, 2.24) is 0 Å². The lowest BCUT2D eigenvalue weighted by atomic mass is 10.00. The molecule has 0 bridgehead atoms. The van der Waals surface area contributed by atoms with Crippen molar-refractivity contribution in [1.29, 1.82) is 0 Å². The van der Waals surface area contributed by atoms with E-state index in [1.54, 1.807) is 0 Å². The van der Waals surface area contributed by atoms with E-state index in [2.05, 4.69) is 72.8 Å². The molecule has 95 heavy (non-hydrogen) atoms. The number of ether oxygens (including phenoxy) is 4. The van der Waals surface area contributed by atoms with Crippen LogP contribution >= 0.6 is 15.6 Å². The van der Waals surface area contributed by atoms with E-state index in [1.807, 2.05) is 0 Å². The Labute approximate surface area is 580 Å². The first-order valence-electron chi connectivity index (χ1n) is 38.7. The highest BCUT2D eigenvalue weighted by molar-refractivity contribution is 7.47. The monoisotopic (exact) mass is 1390 g/mol. The quantitative estimate of drug-likeness (QED) is 0.0169. The van der Waals surface area contributed by atoms with Crippen molar-refractivity contribution in [2.75, 3.05) is 39.6 Å². The molecule has 3 unspecified atom stereocenters. The average molecular weight is 1390 g/mol. The number of hydrogen-bond acceptors (Lipinski definition) is 15. The summed E-state index contributed by atoms with van der Waals surface area (Å²) in [5, 5.41) is 10.6. The first kappa shape index (κ1) is 92.5. The fourth-order valence-corrected chi connectivity index (χ4v) is 12.6.